The Labute approximate surface area is 108 Å². The highest BCUT2D eigenvalue weighted by molar-refractivity contribution is 5.77. The van der Waals surface area contributed by atoms with Crippen molar-refractivity contribution in [3.05, 3.63) is 23.0 Å². The minimum absolute atomic E-state index is 0.00534. The maximum atomic E-state index is 11.3. The molecular formula is C13H21N3O2. The molecule has 2 N–H and O–H groups in total. The summed E-state index contributed by atoms with van der Waals surface area (Å²) in [5.74, 6) is 0.856. The zero-order valence-corrected chi connectivity index (χ0v) is 11.5. The molecule has 0 aliphatic heterocycles. The van der Waals surface area contributed by atoms with Gasteiger partial charge in [-0.2, -0.15) is 0 Å². The van der Waals surface area contributed by atoms with Crippen molar-refractivity contribution in [2.45, 2.75) is 27.3 Å². The lowest BCUT2D eigenvalue weighted by Gasteiger charge is -2.12. The lowest BCUT2D eigenvalue weighted by atomic mass is 10.1. The Hall–Kier alpha value is -1.62. The minimum Gasteiger partial charge on any atom is -0.496 e. The third-order valence-corrected chi connectivity index (χ3v) is 2.70. The van der Waals surface area contributed by atoms with E-state index in [9.17, 15) is 4.79 Å². The van der Waals surface area contributed by atoms with Gasteiger partial charge in [0.15, 0.2) is 0 Å². The maximum Gasteiger partial charge on any atom is 0.233 e. The fourth-order valence-corrected chi connectivity index (χ4v) is 1.80. The third-order valence-electron chi connectivity index (χ3n) is 2.70. The lowest BCUT2D eigenvalue weighted by molar-refractivity contribution is -0.120. The molecule has 0 radical (unpaired) electrons. The predicted molar refractivity (Wildman–Crippen MR) is 70.7 cm³/mol. The van der Waals surface area contributed by atoms with Crippen LogP contribution in [0.15, 0.2) is 6.20 Å². The lowest BCUT2D eigenvalue weighted by Crippen LogP contribution is -2.33. The summed E-state index contributed by atoms with van der Waals surface area (Å²) < 4.78 is 5.34. The second kappa shape index (κ2) is 6.96. The first-order valence-corrected chi connectivity index (χ1v) is 6.06. The van der Waals surface area contributed by atoms with Crippen molar-refractivity contribution in [2.24, 2.45) is 0 Å². The number of aryl methyl sites for hydroxylation is 1. The highest BCUT2D eigenvalue weighted by atomic mass is 16.5. The fourth-order valence-electron chi connectivity index (χ4n) is 1.80. The second-order valence-corrected chi connectivity index (χ2v) is 4.10. The van der Waals surface area contributed by atoms with Gasteiger partial charge >= 0.3 is 0 Å². The Bertz CT molecular complexity index is 419. The molecule has 0 aliphatic carbocycles. The van der Waals surface area contributed by atoms with E-state index in [0.29, 0.717) is 19.6 Å². The smallest absolute Gasteiger partial charge is 0.233 e. The van der Waals surface area contributed by atoms with E-state index in [0.717, 1.165) is 22.6 Å². The van der Waals surface area contributed by atoms with Crippen molar-refractivity contribution in [3.8, 4) is 5.75 Å². The Kier molecular flexibility index (Phi) is 5.58. The molecule has 0 bridgehead atoms. The van der Waals surface area contributed by atoms with Crippen LogP contribution >= 0.6 is 0 Å². The van der Waals surface area contributed by atoms with Gasteiger partial charge in [0, 0.05) is 30.4 Å². The van der Waals surface area contributed by atoms with Crippen molar-refractivity contribution in [3.63, 3.8) is 0 Å². The molecule has 1 aromatic rings. The highest BCUT2D eigenvalue weighted by Gasteiger charge is 2.09. The van der Waals surface area contributed by atoms with Gasteiger partial charge in [-0.15, -0.1) is 0 Å². The van der Waals surface area contributed by atoms with Gasteiger partial charge in [0.25, 0.3) is 0 Å². The normalized spacial score (nSPS) is 10.2. The van der Waals surface area contributed by atoms with Gasteiger partial charge in [0.1, 0.15) is 5.75 Å². The van der Waals surface area contributed by atoms with Crippen LogP contribution in [0, 0.1) is 13.8 Å². The third kappa shape index (κ3) is 3.70. The van der Waals surface area contributed by atoms with Gasteiger partial charge in [0.05, 0.1) is 19.3 Å². The molecule has 0 saturated carbocycles. The summed E-state index contributed by atoms with van der Waals surface area (Å²) in [6, 6.07) is 0. The highest BCUT2D eigenvalue weighted by Crippen LogP contribution is 2.23. The van der Waals surface area contributed by atoms with E-state index in [2.05, 4.69) is 15.6 Å². The van der Waals surface area contributed by atoms with Crippen molar-refractivity contribution in [2.75, 3.05) is 20.2 Å². The standard InChI is InChI=1S/C13H21N3O2/c1-5-15-12(17)8-14-7-11-10(3)13(18-4)9(2)6-16-11/h6,14H,5,7-8H2,1-4H3,(H,15,17). The number of nitrogens with one attached hydrogen (secondary N) is 2. The number of hydrogen-bond donors (Lipinski definition) is 2. The molecule has 0 atom stereocenters. The number of methoxy groups -OCH3 is 1. The number of likely N-dealkylation sites (N-methyl/N-ethyl adjacent to an activating group) is 1. The Morgan fingerprint density at radius 1 is 1.44 bits per heavy atom. The first kappa shape index (κ1) is 14.4. The van der Waals surface area contributed by atoms with Crippen LogP contribution in [-0.4, -0.2) is 31.1 Å². The number of pyridine rings is 1. The summed E-state index contributed by atoms with van der Waals surface area (Å²) in [4.78, 5) is 15.6. The van der Waals surface area contributed by atoms with Crippen LogP contribution in [0.4, 0.5) is 0 Å². The number of hydrogen-bond acceptors (Lipinski definition) is 4. The van der Waals surface area contributed by atoms with Crippen molar-refractivity contribution in [1.29, 1.82) is 0 Å². The molecule has 5 heteroatoms. The number of nitrogens with zero attached hydrogens (tertiary/aromatic N) is 1. The van der Waals surface area contributed by atoms with E-state index in [4.69, 9.17) is 4.74 Å². The van der Waals surface area contributed by atoms with Crippen molar-refractivity contribution in [1.82, 2.24) is 15.6 Å². The molecule has 0 saturated heterocycles. The SMILES string of the molecule is CCNC(=O)CNCc1ncc(C)c(OC)c1C. The molecule has 1 rings (SSSR count). The van der Waals surface area contributed by atoms with Crippen molar-refractivity contribution < 1.29 is 9.53 Å². The van der Waals surface area contributed by atoms with Gasteiger partial charge < -0.3 is 15.4 Å². The molecular weight excluding hydrogens is 230 g/mol. The number of amides is 1. The van der Waals surface area contributed by atoms with Crippen LogP contribution < -0.4 is 15.4 Å². The molecule has 0 aromatic carbocycles. The first-order chi connectivity index (χ1) is 8.60. The van der Waals surface area contributed by atoms with Crippen molar-refractivity contribution >= 4 is 5.91 Å². The monoisotopic (exact) mass is 251 g/mol. The van der Waals surface area contributed by atoms with Gasteiger partial charge in [-0.25, -0.2) is 0 Å². The van der Waals surface area contributed by atoms with Crippen LogP contribution in [0.2, 0.25) is 0 Å². The van der Waals surface area contributed by atoms with Crippen LogP contribution in [0.3, 0.4) is 0 Å². The molecule has 5 nitrogen and oxygen atoms in total. The van der Waals surface area contributed by atoms with E-state index in [-0.39, 0.29) is 5.91 Å². The van der Waals surface area contributed by atoms with Crippen LogP contribution in [0.25, 0.3) is 0 Å². The number of rotatable bonds is 6. The Balaban J connectivity index is 2.60. The second-order valence-electron chi connectivity index (χ2n) is 4.10. The summed E-state index contributed by atoms with van der Waals surface area (Å²) in [7, 11) is 1.65. The summed E-state index contributed by atoms with van der Waals surface area (Å²) in [6.45, 7) is 7.34. The quantitative estimate of drug-likeness (QED) is 0.789. The summed E-state index contributed by atoms with van der Waals surface area (Å²) in [5, 5.41) is 5.80. The molecule has 1 amide bonds. The van der Waals surface area contributed by atoms with Gasteiger partial charge in [-0.1, -0.05) is 0 Å². The number of carbonyl (C=O) groups excluding carboxylic acids is 1. The van der Waals surface area contributed by atoms with E-state index < -0.39 is 0 Å². The average Bonchev–Trinajstić information content (AvgIpc) is 2.33. The molecule has 18 heavy (non-hydrogen) atoms. The van der Waals surface area contributed by atoms with E-state index in [1.807, 2.05) is 20.8 Å². The number of aromatic nitrogens is 1. The minimum atomic E-state index is -0.00534. The summed E-state index contributed by atoms with van der Waals surface area (Å²) in [5.41, 5.74) is 2.94. The Morgan fingerprint density at radius 3 is 2.78 bits per heavy atom. The van der Waals surface area contributed by atoms with Crippen LogP contribution in [0.1, 0.15) is 23.7 Å². The summed E-state index contributed by atoms with van der Waals surface area (Å²) >= 11 is 0. The summed E-state index contributed by atoms with van der Waals surface area (Å²) in [6.07, 6.45) is 1.79. The van der Waals surface area contributed by atoms with Gasteiger partial charge in [0.2, 0.25) is 5.91 Å². The van der Waals surface area contributed by atoms with E-state index >= 15 is 0 Å². The molecule has 100 valence electrons. The molecule has 1 heterocycles. The topological polar surface area (TPSA) is 63.2 Å². The van der Waals surface area contributed by atoms with Gasteiger partial charge in [-0.3, -0.25) is 9.78 Å². The molecule has 1 aromatic heterocycles. The number of carbonyl (C=O) groups is 1. The molecule has 0 fully saturated rings. The zero-order chi connectivity index (χ0) is 13.5. The zero-order valence-electron chi connectivity index (χ0n) is 11.5. The number of ether oxygens (including phenoxy) is 1. The van der Waals surface area contributed by atoms with Crippen LogP contribution in [-0.2, 0) is 11.3 Å². The average molecular weight is 251 g/mol. The largest absolute Gasteiger partial charge is 0.496 e. The Morgan fingerprint density at radius 2 is 2.17 bits per heavy atom. The first-order valence-electron chi connectivity index (χ1n) is 6.06. The molecule has 0 aliphatic rings. The maximum absolute atomic E-state index is 11.3. The van der Waals surface area contributed by atoms with E-state index in [1.54, 1.807) is 13.3 Å². The van der Waals surface area contributed by atoms with E-state index in [1.165, 1.54) is 0 Å². The predicted octanol–water partition coefficient (Wildman–Crippen LogP) is 0.933. The van der Waals surface area contributed by atoms with Gasteiger partial charge in [-0.05, 0) is 20.8 Å². The van der Waals surface area contributed by atoms with Crippen LogP contribution in [0.5, 0.6) is 5.75 Å². The fraction of sp³-hybridized carbons (Fsp3) is 0.538. The molecule has 0 spiro atoms. The molecule has 0 unspecified atom stereocenters.